The zero-order valence-corrected chi connectivity index (χ0v) is 7.66. The highest BCUT2D eigenvalue weighted by atomic mass is 35.5. The Labute approximate surface area is 80.4 Å². The van der Waals surface area contributed by atoms with Crippen LogP contribution in [0.5, 0.6) is 0 Å². The first-order valence-electron chi connectivity index (χ1n) is 3.15. The first kappa shape index (κ1) is 9.37. The lowest BCUT2D eigenvalue weighted by Gasteiger charge is -1.92. The number of thiol groups is 1. The summed E-state index contributed by atoms with van der Waals surface area (Å²) >= 11 is 9.40. The number of aromatic nitrogens is 1. The highest BCUT2D eigenvalue weighted by molar-refractivity contribution is 7.80. The maximum Gasteiger partial charge on any atom is 0.157 e. The number of hydrogen-bond donors (Lipinski definition) is 1. The second-order valence-electron chi connectivity index (χ2n) is 1.95. The average molecular weight is 202 g/mol. The molecule has 0 amide bonds. The second-order valence-corrected chi connectivity index (χ2v) is 2.65. The Morgan fingerprint density at radius 3 is 3.08 bits per heavy atom. The quantitative estimate of drug-likeness (QED) is 0.386. The molecule has 0 saturated heterocycles. The third-order valence-electron chi connectivity index (χ3n) is 1.12. The van der Waals surface area contributed by atoms with Gasteiger partial charge in [-0.3, -0.25) is 0 Å². The van der Waals surface area contributed by atoms with Crippen molar-refractivity contribution in [1.29, 1.82) is 0 Å². The molecule has 0 aliphatic carbocycles. The van der Waals surface area contributed by atoms with Crippen molar-refractivity contribution in [1.82, 2.24) is 4.98 Å². The number of pyridine rings is 1. The first-order chi connectivity index (χ1) is 5.74. The normalized spacial score (nSPS) is 8.92. The fourth-order valence-corrected chi connectivity index (χ4v) is 0.881. The molecule has 1 nitrogen and oxygen atoms in total. The summed E-state index contributed by atoms with van der Waals surface area (Å²) in [7, 11) is 0. The highest BCUT2D eigenvalue weighted by Crippen LogP contribution is 2.09. The molecule has 0 saturated carbocycles. The number of nitrogens with zero attached hydrogens (tertiary/aromatic N) is 1. The monoisotopic (exact) mass is 201 g/mol. The zero-order valence-electron chi connectivity index (χ0n) is 6.01. The van der Waals surface area contributed by atoms with Gasteiger partial charge in [-0.1, -0.05) is 23.4 Å². The molecule has 0 bridgehead atoms. The Morgan fingerprint density at radius 1 is 1.67 bits per heavy atom. The van der Waals surface area contributed by atoms with Crippen LogP contribution in [-0.2, 0) is 0 Å². The predicted molar refractivity (Wildman–Crippen MR) is 49.9 cm³/mol. The van der Waals surface area contributed by atoms with Gasteiger partial charge in [0, 0.05) is 0 Å². The summed E-state index contributed by atoms with van der Waals surface area (Å²) in [6.07, 6.45) is 1.05. The molecule has 12 heavy (non-hydrogen) atoms. The van der Waals surface area contributed by atoms with Crippen molar-refractivity contribution in [2.45, 2.75) is 0 Å². The molecule has 0 spiro atoms. The summed E-state index contributed by atoms with van der Waals surface area (Å²) in [4.78, 5) is 3.55. The Balaban J connectivity index is 3.05. The van der Waals surface area contributed by atoms with Gasteiger partial charge in [0.2, 0.25) is 0 Å². The predicted octanol–water partition coefficient (Wildman–Crippen LogP) is 2.16. The molecular weight excluding hydrogens is 197 g/mol. The van der Waals surface area contributed by atoms with Crippen LogP contribution in [0, 0.1) is 17.7 Å². The van der Waals surface area contributed by atoms with E-state index in [2.05, 4.69) is 29.5 Å². The van der Waals surface area contributed by atoms with Crippen molar-refractivity contribution in [2.75, 3.05) is 5.75 Å². The van der Waals surface area contributed by atoms with Gasteiger partial charge >= 0.3 is 0 Å². The summed E-state index contributed by atoms with van der Waals surface area (Å²) in [5, 5.41) is 0.236. The summed E-state index contributed by atoms with van der Waals surface area (Å²) < 4.78 is 12.8. The van der Waals surface area contributed by atoms with Gasteiger partial charge in [-0.05, 0) is 6.07 Å². The molecule has 0 aliphatic rings. The standard InChI is InChI=1S/C8H5ClFNS/c9-8-4-6(2-1-3-12)7(10)5-11-8/h4-5,12H,3H2. The fourth-order valence-electron chi connectivity index (χ4n) is 0.644. The molecule has 62 valence electrons. The van der Waals surface area contributed by atoms with E-state index in [-0.39, 0.29) is 10.7 Å². The molecule has 0 N–H and O–H groups in total. The Bertz CT molecular complexity index is 343. The van der Waals surface area contributed by atoms with Crippen LogP contribution in [0.25, 0.3) is 0 Å². The minimum absolute atomic E-state index is 0.236. The molecule has 1 aromatic heterocycles. The zero-order chi connectivity index (χ0) is 8.97. The van der Waals surface area contributed by atoms with Crippen LogP contribution in [0.2, 0.25) is 5.15 Å². The average Bonchev–Trinajstić information content (AvgIpc) is 2.07. The van der Waals surface area contributed by atoms with Crippen molar-refractivity contribution in [2.24, 2.45) is 0 Å². The van der Waals surface area contributed by atoms with Crippen LogP contribution in [-0.4, -0.2) is 10.7 Å². The molecule has 1 rings (SSSR count). The van der Waals surface area contributed by atoms with Crippen LogP contribution in [0.1, 0.15) is 5.56 Å². The second kappa shape index (κ2) is 4.34. The molecule has 0 unspecified atom stereocenters. The van der Waals surface area contributed by atoms with Gasteiger partial charge in [0.25, 0.3) is 0 Å². The Hall–Kier alpha value is -0.720. The van der Waals surface area contributed by atoms with Crippen molar-refractivity contribution < 1.29 is 4.39 Å². The third-order valence-corrected chi connectivity index (χ3v) is 1.49. The Morgan fingerprint density at radius 2 is 2.42 bits per heavy atom. The van der Waals surface area contributed by atoms with E-state index in [0.29, 0.717) is 5.75 Å². The van der Waals surface area contributed by atoms with Crippen molar-refractivity contribution in [3.05, 3.63) is 28.8 Å². The molecule has 4 heteroatoms. The summed E-state index contributed by atoms with van der Waals surface area (Å²) in [6.45, 7) is 0. The van der Waals surface area contributed by atoms with Gasteiger partial charge in [0.05, 0.1) is 17.5 Å². The maximum atomic E-state index is 12.8. The van der Waals surface area contributed by atoms with E-state index in [0.717, 1.165) is 6.20 Å². The van der Waals surface area contributed by atoms with Crippen molar-refractivity contribution in [3.63, 3.8) is 0 Å². The topological polar surface area (TPSA) is 12.9 Å². The van der Waals surface area contributed by atoms with Gasteiger partial charge < -0.3 is 0 Å². The molecule has 0 aliphatic heterocycles. The minimum Gasteiger partial charge on any atom is -0.241 e. The van der Waals surface area contributed by atoms with E-state index in [1.807, 2.05) is 0 Å². The van der Waals surface area contributed by atoms with Crippen molar-refractivity contribution in [3.8, 4) is 11.8 Å². The van der Waals surface area contributed by atoms with Gasteiger partial charge in [-0.25, -0.2) is 9.37 Å². The van der Waals surface area contributed by atoms with E-state index in [1.54, 1.807) is 0 Å². The van der Waals surface area contributed by atoms with Crippen LogP contribution in [0.4, 0.5) is 4.39 Å². The smallest absolute Gasteiger partial charge is 0.157 e. The summed E-state index contributed by atoms with van der Waals surface area (Å²) in [5.41, 5.74) is 0.254. The lowest BCUT2D eigenvalue weighted by molar-refractivity contribution is 0.618. The largest absolute Gasteiger partial charge is 0.241 e. The molecule has 0 atom stereocenters. The summed E-state index contributed by atoms with van der Waals surface area (Å²) in [6, 6.07) is 1.38. The van der Waals surface area contributed by atoms with Gasteiger partial charge in [0.1, 0.15) is 5.15 Å². The van der Waals surface area contributed by atoms with Crippen LogP contribution >= 0.6 is 24.2 Å². The fraction of sp³-hybridized carbons (Fsp3) is 0.125. The Kier molecular flexibility index (Phi) is 3.39. The maximum absolute atomic E-state index is 12.8. The van der Waals surface area contributed by atoms with E-state index < -0.39 is 5.82 Å². The van der Waals surface area contributed by atoms with Crippen LogP contribution < -0.4 is 0 Å². The van der Waals surface area contributed by atoms with Crippen LogP contribution in [0.3, 0.4) is 0 Å². The minimum atomic E-state index is -0.464. The highest BCUT2D eigenvalue weighted by Gasteiger charge is 1.99. The van der Waals surface area contributed by atoms with Gasteiger partial charge in [-0.15, -0.1) is 0 Å². The lowest BCUT2D eigenvalue weighted by Crippen LogP contribution is -1.86. The van der Waals surface area contributed by atoms with E-state index >= 15 is 0 Å². The summed E-state index contributed by atoms with van der Waals surface area (Å²) in [5.74, 6) is 5.12. The SMILES string of the molecule is Fc1cnc(Cl)cc1C#CCS. The molecule has 0 fully saturated rings. The number of rotatable bonds is 0. The van der Waals surface area contributed by atoms with E-state index in [4.69, 9.17) is 11.6 Å². The molecule has 1 aromatic rings. The molecule has 0 aromatic carbocycles. The molecule has 1 heterocycles. The van der Waals surface area contributed by atoms with E-state index in [9.17, 15) is 4.39 Å². The van der Waals surface area contributed by atoms with Gasteiger partial charge in [0.15, 0.2) is 5.82 Å². The number of halogens is 2. The number of hydrogen-bond acceptors (Lipinski definition) is 2. The first-order valence-corrected chi connectivity index (χ1v) is 4.16. The molecule has 0 radical (unpaired) electrons. The molecular formula is C8H5ClFNS. The van der Waals surface area contributed by atoms with Crippen LogP contribution in [0.15, 0.2) is 12.3 Å². The third kappa shape index (κ3) is 2.40. The van der Waals surface area contributed by atoms with Gasteiger partial charge in [-0.2, -0.15) is 12.6 Å². The van der Waals surface area contributed by atoms with Crippen molar-refractivity contribution >= 4 is 24.2 Å². The lowest BCUT2D eigenvalue weighted by atomic mass is 10.2. The van der Waals surface area contributed by atoms with E-state index in [1.165, 1.54) is 6.07 Å².